The third-order valence-electron chi connectivity index (χ3n) is 5.09. The number of likely N-dealkylation sites (tertiary alicyclic amines) is 1. The minimum absolute atomic E-state index is 0.0812. The highest BCUT2D eigenvalue weighted by molar-refractivity contribution is 7.97. The van der Waals surface area contributed by atoms with E-state index in [4.69, 9.17) is 0 Å². The lowest BCUT2D eigenvalue weighted by atomic mass is 9.98. The molecule has 0 saturated carbocycles. The molecule has 2 amide bonds. The van der Waals surface area contributed by atoms with Crippen LogP contribution in [0.4, 0.5) is 0 Å². The minimum atomic E-state index is -0.446. The fourth-order valence-electron chi connectivity index (χ4n) is 3.59. The van der Waals surface area contributed by atoms with Crippen molar-refractivity contribution in [2.45, 2.75) is 12.5 Å². The van der Waals surface area contributed by atoms with E-state index in [-0.39, 0.29) is 11.8 Å². The molecule has 7 heteroatoms. The van der Waals surface area contributed by atoms with E-state index in [1.807, 2.05) is 30.3 Å². The molecule has 0 radical (unpaired) electrons. The summed E-state index contributed by atoms with van der Waals surface area (Å²) in [6.07, 6.45) is 3.71. The lowest BCUT2D eigenvalue weighted by Crippen LogP contribution is -2.29. The van der Waals surface area contributed by atoms with Crippen LogP contribution in [0.25, 0.3) is 22.0 Å². The van der Waals surface area contributed by atoms with Crippen molar-refractivity contribution in [2.24, 2.45) is 0 Å². The molecule has 1 aliphatic rings. The maximum absolute atomic E-state index is 12.8. The molecule has 3 aromatic rings. The Hall–Kier alpha value is -2.90. The van der Waals surface area contributed by atoms with Gasteiger partial charge < -0.3 is 10.0 Å². The van der Waals surface area contributed by atoms with E-state index >= 15 is 0 Å². The molecule has 0 spiro atoms. The first kappa shape index (κ1) is 19.4. The number of pyridine rings is 1. The van der Waals surface area contributed by atoms with Crippen LogP contribution in [-0.4, -0.2) is 52.3 Å². The molecular formula is C22H21N3O3S. The Balaban J connectivity index is 1.69. The fraction of sp³-hybridized carbons (Fsp3) is 0.227. The molecule has 1 fully saturated rings. The van der Waals surface area contributed by atoms with Crippen molar-refractivity contribution in [1.29, 1.82) is 0 Å². The van der Waals surface area contributed by atoms with Crippen LogP contribution in [-0.2, 0) is 0 Å². The predicted octanol–water partition coefficient (Wildman–Crippen LogP) is 3.12. The lowest BCUT2D eigenvalue weighted by molar-refractivity contribution is 0.0765. The molecule has 148 valence electrons. The van der Waals surface area contributed by atoms with Crippen LogP contribution >= 0.6 is 11.9 Å². The Morgan fingerprint density at radius 2 is 1.90 bits per heavy atom. The van der Waals surface area contributed by atoms with E-state index in [0.717, 1.165) is 22.0 Å². The van der Waals surface area contributed by atoms with Crippen molar-refractivity contribution in [3.8, 4) is 11.1 Å². The summed E-state index contributed by atoms with van der Waals surface area (Å²) in [6.45, 7) is 0.938. The van der Waals surface area contributed by atoms with Crippen LogP contribution in [0.5, 0.6) is 0 Å². The van der Waals surface area contributed by atoms with E-state index in [1.54, 1.807) is 35.6 Å². The van der Waals surface area contributed by atoms with Gasteiger partial charge in [-0.25, -0.2) is 0 Å². The third kappa shape index (κ3) is 3.97. The predicted molar refractivity (Wildman–Crippen MR) is 115 cm³/mol. The standard InChI is InChI=1S/C22H21N3O3S/c1-29-24-21(27)15-4-2-14(3-5-15)18-8-10-23-20-7-6-16(12-19(18)20)22(28)25-11-9-17(26)13-25/h2-8,10,12,17,26H,9,11,13H2,1H3,(H,24,27)/t17-/m1/s1. The quantitative estimate of drug-likeness (QED) is 0.650. The molecule has 29 heavy (non-hydrogen) atoms. The maximum atomic E-state index is 12.8. The van der Waals surface area contributed by atoms with E-state index < -0.39 is 6.10 Å². The highest BCUT2D eigenvalue weighted by atomic mass is 32.2. The van der Waals surface area contributed by atoms with Gasteiger partial charge >= 0.3 is 0 Å². The number of nitrogens with one attached hydrogen (secondary N) is 1. The number of hydrogen-bond acceptors (Lipinski definition) is 5. The molecule has 6 nitrogen and oxygen atoms in total. The van der Waals surface area contributed by atoms with Crippen molar-refractivity contribution < 1.29 is 14.7 Å². The average Bonchev–Trinajstić information content (AvgIpc) is 3.19. The van der Waals surface area contributed by atoms with Crippen molar-refractivity contribution in [2.75, 3.05) is 19.3 Å². The number of carbonyl (C=O) groups excluding carboxylic acids is 2. The zero-order valence-electron chi connectivity index (χ0n) is 16.0. The van der Waals surface area contributed by atoms with E-state index in [9.17, 15) is 14.7 Å². The summed E-state index contributed by atoms with van der Waals surface area (Å²) in [5.74, 6) is -0.216. The van der Waals surface area contributed by atoms with Gasteiger partial charge in [-0.3, -0.25) is 19.3 Å². The first-order valence-electron chi connectivity index (χ1n) is 9.36. The van der Waals surface area contributed by atoms with Crippen LogP contribution in [0.1, 0.15) is 27.1 Å². The summed E-state index contributed by atoms with van der Waals surface area (Å²) in [5.41, 5.74) is 3.86. The van der Waals surface area contributed by atoms with Gasteiger partial charge in [0.15, 0.2) is 0 Å². The number of aliphatic hydroxyl groups excluding tert-OH is 1. The second kappa shape index (κ2) is 8.23. The lowest BCUT2D eigenvalue weighted by Gasteiger charge is -2.16. The largest absolute Gasteiger partial charge is 0.391 e. The number of aromatic nitrogens is 1. The molecule has 4 rings (SSSR count). The SMILES string of the molecule is CSNC(=O)c1ccc(-c2ccnc3ccc(C(=O)N4CC[C@@H](O)C4)cc23)cc1. The summed E-state index contributed by atoms with van der Waals surface area (Å²) < 4.78 is 2.71. The van der Waals surface area contributed by atoms with Gasteiger partial charge in [0.1, 0.15) is 0 Å². The van der Waals surface area contributed by atoms with Crippen LogP contribution < -0.4 is 4.72 Å². The highest BCUT2D eigenvalue weighted by Crippen LogP contribution is 2.29. The molecule has 1 saturated heterocycles. The maximum Gasteiger partial charge on any atom is 0.261 e. The highest BCUT2D eigenvalue weighted by Gasteiger charge is 2.25. The number of benzene rings is 2. The Bertz CT molecular complexity index is 1070. The molecular weight excluding hydrogens is 386 g/mol. The van der Waals surface area contributed by atoms with Crippen LogP contribution in [0.15, 0.2) is 54.7 Å². The van der Waals surface area contributed by atoms with E-state index in [1.165, 1.54) is 11.9 Å². The van der Waals surface area contributed by atoms with Crippen LogP contribution in [0, 0.1) is 0 Å². The molecule has 1 aliphatic heterocycles. The van der Waals surface area contributed by atoms with Crippen molar-refractivity contribution in [3.05, 3.63) is 65.9 Å². The van der Waals surface area contributed by atoms with Gasteiger partial charge in [0.2, 0.25) is 0 Å². The summed E-state index contributed by atoms with van der Waals surface area (Å²) in [7, 11) is 0. The summed E-state index contributed by atoms with van der Waals surface area (Å²) in [4.78, 5) is 30.9. The minimum Gasteiger partial charge on any atom is -0.391 e. The zero-order chi connectivity index (χ0) is 20.4. The van der Waals surface area contributed by atoms with Gasteiger partial charge in [0, 0.05) is 42.1 Å². The summed E-state index contributed by atoms with van der Waals surface area (Å²) in [5, 5.41) is 10.6. The average molecular weight is 407 g/mol. The van der Waals surface area contributed by atoms with Crippen LogP contribution in [0.3, 0.4) is 0 Å². The molecule has 0 aliphatic carbocycles. The Morgan fingerprint density at radius 1 is 1.14 bits per heavy atom. The number of hydrogen-bond donors (Lipinski definition) is 2. The Labute approximate surface area is 173 Å². The van der Waals surface area contributed by atoms with Gasteiger partial charge in [-0.1, -0.05) is 24.1 Å². The van der Waals surface area contributed by atoms with Gasteiger partial charge in [0.05, 0.1) is 11.6 Å². The molecule has 2 N–H and O–H groups in total. The summed E-state index contributed by atoms with van der Waals surface area (Å²) in [6, 6.07) is 14.8. The number of amides is 2. The number of nitrogens with zero attached hydrogens (tertiary/aromatic N) is 2. The number of rotatable bonds is 4. The van der Waals surface area contributed by atoms with Crippen molar-refractivity contribution >= 4 is 34.7 Å². The molecule has 1 aromatic heterocycles. The normalized spacial score (nSPS) is 16.2. The van der Waals surface area contributed by atoms with E-state index in [2.05, 4.69) is 9.71 Å². The topological polar surface area (TPSA) is 82.5 Å². The molecule has 2 heterocycles. The van der Waals surface area contributed by atoms with Crippen molar-refractivity contribution in [3.63, 3.8) is 0 Å². The molecule has 1 atom stereocenters. The third-order valence-corrected chi connectivity index (χ3v) is 5.48. The number of β-amino-alcohol motifs (C(OH)–C–C–N with tert-alkyl or cyclic N) is 1. The zero-order valence-corrected chi connectivity index (χ0v) is 16.8. The number of fused-ring (bicyclic) bond motifs is 1. The Morgan fingerprint density at radius 3 is 2.59 bits per heavy atom. The van der Waals surface area contributed by atoms with Crippen molar-refractivity contribution in [1.82, 2.24) is 14.6 Å². The second-order valence-corrected chi connectivity index (χ2v) is 7.61. The van der Waals surface area contributed by atoms with Gasteiger partial charge in [-0.05, 0) is 53.9 Å². The number of carbonyl (C=O) groups is 2. The first-order chi connectivity index (χ1) is 14.1. The Kier molecular flexibility index (Phi) is 5.51. The molecule has 0 unspecified atom stereocenters. The fourth-order valence-corrected chi connectivity index (χ4v) is 3.90. The van der Waals surface area contributed by atoms with Crippen LogP contribution in [0.2, 0.25) is 0 Å². The number of aliphatic hydroxyl groups is 1. The molecule has 2 aromatic carbocycles. The van der Waals surface area contributed by atoms with Gasteiger partial charge in [-0.15, -0.1) is 0 Å². The molecule has 0 bridgehead atoms. The van der Waals surface area contributed by atoms with E-state index in [0.29, 0.717) is 30.6 Å². The second-order valence-electron chi connectivity index (χ2n) is 7.00. The monoisotopic (exact) mass is 407 g/mol. The van der Waals surface area contributed by atoms with Gasteiger partial charge in [0.25, 0.3) is 11.8 Å². The first-order valence-corrected chi connectivity index (χ1v) is 10.6. The summed E-state index contributed by atoms with van der Waals surface area (Å²) >= 11 is 1.26. The smallest absolute Gasteiger partial charge is 0.261 e. The van der Waals surface area contributed by atoms with Gasteiger partial charge in [-0.2, -0.15) is 0 Å².